The molecule has 1 amide bonds. The largest absolute Gasteiger partial charge is 0.384 e. The van der Waals surface area contributed by atoms with Crippen LogP contribution in [0.3, 0.4) is 0 Å². The van der Waals surface area contributed by atoms with Crippen molar-refractivity contribution in [2.75, 3.05) is 11.9 Å². The maximum Gasteiger partial charge on any atom is 0.221 e. The van der Waals surface area contributed by atoms with Gasteiger partial charge in [0.25, 0.3) is 0 Å². The second-order valence-corrected chi connectivity index (χ2v) is 5.44. The van der Waals surface area contributed by atoms with Crippen LogP contribution in [0.5, 0.6) is 0 Å². The molecule has 0 radical (unpaired) electrons. The van der Waals surface area contributed by atoms with Crippen molar-refractivity contribution in [1.29, 1.82) is 0 Å². The molecular formula is C17H19N3O. The Hall–Kier alpha value is -2.36. The molecule has 108 valence electrons. The highest BCUT2D eigenvalue weighted by Crippen LogP contribution is 2.33. The number of hydrogen-bond donors (Lipinski definition) is 2. The molecule has 2 atom stereocenters. The summed E-state index contributed by atoms with van der Waals surface area (Å²) in [5.41, 5.74) is 3.46. The smallest absolute Gasteiger partial charge is 0.221 e. The highest BCUT2D eigenvalue weighted by molar-refractivity contribution is 5.78. The predicted molar refractivity (Wildman–Crippen MR) is 83.1 cm³/mol. The van der Waals surface area contributed by atoms with Gasteiger partial charge in [-0.1, -0.05) is 18.2 Å². The molecule has 0 bridgehead atoms. The molecule has 0 spiro atoms. The summed E-state index contributed by atoms with van der Waals surface area (Å²) in [6.07, 6.45) is 4.00. The molecule has 3 rings (SSSR count). The average molecular weight is 281 g/mol. The Morgan fingerprint density at radius 2 is 2.10 bits per heavy atom. The Balaban J connectivity index is 1.61. The van der Waals surface area contributed by atoms with Crippen molar-refractivity contribution in [3.63, 3.8) is 0 Å². The lowest BCUT2D eigenvalue weighted by molar-refractivity contribution is -0.122. The van der Waals surface area contributed by atoms with Gasteiger partial charge in [-0.2, -0.15) is 0 Å². The molecule has 0 saturated heterocycles. The number of fused-ring (bicyclic) bond motifs is 1. The number of para-hydroxylation sites is 1. The Bertz CT molecular complexity index is 627. The van der Waals surface area contributed by atoms with Crippen LogP contribution < -0.4 is 10.6 Å². The minimum absolute atomic E-state index is 0.00473. The monoisotopic (exact) mass is 281 g/mol. The van der Waals surface area contributed by atoms with Gasteiger partial charge in [-0.3, -0.25) is 9.78 Å². The van der Waals surface area contributed by atoms with Gasteiger partial charge in [0, 0.05) is 37.0 Å². The third-order valence-corrected chi connectivity index (χ3v) is 3.95. The van der Waals surface area contributed by atoms with Crippen molar-refractivity contribution in [3.8, 4) is 0 Å². The summed E-state index contributed by atoms with van der Waals surface area (Å²) in [4.78, 5) is 16.2. The third kappa shape index (κ3) is 3.05. The number of carbonyl (C=O) groups is 1. The zero-order valence-electron chi connectivity index (χ0n) is 12.0. The second kappa shape index (κ2) is 5.95. The first-order chi connectivity index (χ1) is 10.2. The number of aromatic nitrogens is 1. The number of carbonyl (C=O) groups excluding carboxylic acids is 1. The summed E-state index contributed by atoms with van der Waals surface area (Å²) in [6.45, 7) is 2.82. The molecule has 2 N–H and O–H groups in total. The highest BCUT2D eigenvalue weighted by atomic mass is 16.1. The summed E-state index contributed by atoms with van der Waals surface area (Å²) in [6, 6.07) is 12.1. The van der Waals surface area contributed by atoms with E-state index in [0.717, 1.165) is 17.8 Å². The van der Waals surface area contributed by atoms with Crippen LogP contribution in [-0.2, 0) is 4.79 Å². The SMILES string of the molecule is CC(NC(=O)CC1CNc2ccccc21)c1ccncc1. The summed E-state index contributed by atoms with van der Waals surface area (Å²) < 4.78 is 0. The molecule has 0 saturated carbocycles. The highest BCUT2D eigenvalue weighted by Gasteiger charge is 2.24. The van der Waals surface area contributed by atoms with Crippen LogP contribution in [0, 0.1) is 0 Å². The van der Waals surface area contributed by atoms with E-state index < -0.39 is 0 Å². The molecule has 1 aromatic heterocycles. The van der Waals surface area contributed by atoms with E-state index in [0.29, 0.717) is 6.42 Å². The van der Waals surface area contributed by atoms with Crippen LogP contribution in [0.15, 0.2) is 48.8 Å². The van der Waals surface area contributed by atoms with Crippen molar-refractivity contribution >= 4 is 11.6 Å². The van der Waals surface area contributed by atoms with Crippen LogP contribution in [0.25, 0.3) is 0 Å². The van der Waals surface area contributed by atoms with E-state index in [9.17, 15) is 4.79 Å². The first-order valence-corrected chi connectivity index (χ1v) is 7.26. The molecule has 2 heterocycles. The van der Waals surface area contributed by atoms with Gasteiger partial charge in [-0.15, -0.1) is 0 Å². The zero-order valence-corrected chi connectivity index (χ0v) is 12.0. The van der Waals surface area contributed by atoms with E-state index >= 15 is 0 Å². The summed E-state index contributed by atoms with van der Waals surface area (Å²) in [7, 11) is 0. The fraction of sp³-hybridized carbons (Fsp3) is 0.294. The van der Waals surface area contributed by atoms with E-state index in [-0.39, 0.29) is 17.9 Å². The summed E-state index contributed by atoms with van der Waals surface area (Å²) in [5, 5.41) is 6.41. The number of benzene rings is 1. The maximum absolute atomic E-state index is 12.2. The molecule has 4 nitrogen and oxygen atoms in total. The Labute approximate surface area is 124 Å². The number of nitrogens with zero attached hydrogens (tertiary/aromatic N) is 1. The normalized spacial score (nSPS) is 17.7. The Kier molecular flexibility index (Phi) is 3.86. The van der Waals surface area contributed by atoms with Gasteiger partial charge >= 0.3 is 0 Å². The zero-order chi connectivity index (χ0) is 14.7. The van der Waals surface area contributed by atoms with E-state index in [1.165, 1.54) is 5.56 Å². The molecule has 0 aliphatic carbocycles. The van der Waals surface area contributed by atoms with Gasteiger partial charge < -0.3 is 10.6 Å². The van der Waals surface area contributed by atoms with Gasteiger partial charge in [0.1, 0.15) is 0 Å². The van der Waals surface area contributed by atoms with Gasteiger partial charge in [0.15, 0.2) is 0 Å². The number of rotatable bonds is 4. The number of anilines is 1. The first kappa shape index (κ1) is 13.6. The van der Waals surface area contributed by atoms with Crippen molar-refractivity contribution in [2.45, 2.75) is 25.3 Å². The van der Waals surface area contributed by atoms with Crippen LogP contribution in [-0.4, -0.2) is 17.4 Å². The molecule has 0 fully saturated rings. The maximum atomic E-state index is 12.2. The Morgan fingerprint density at radius 3 is 2.90 bits per heavy atom. The first-order valence-electron chi connectivity index (χ1n) is 7.26. The lowest BCUT2D eigenvalue weighted by atomic mass is 9.97. The molecule has 2 unspecified atom stereocenters. The Morgan fingerprint density at radius 1 is 1.33 bits per heavy atom. The molecule has 21 heavy (non-hydrogen) atoms. The topological polar surface area (TPSA) is 54.0 Å². The number of hydrogen-bond acceptors (Lipinski definition) is 3. The molecule has 1 aromatic carbocycles. The standard InChI is InChI=1S/C17H19N3O/c1-12(13-6-8-18-9-7-13)20-17(21)10-14-11-19-16-5-3-2-4-15(14)16/h2-9,12,14,19H,10-11H2,1H3,(H,20,21). The molecular weight excluding hydrogens is 262 g/mol. The fourth-order valence-electron chi connectivity index (χ4n) is 2.80. The molecule has 1 aliphatic heterocycles. The number of amides is 1. The minimum atomic E-state index is 0.00473. The third-order valence-electron chi connectivity index (χ3n) is 3.95. The lowest BCUT2D eigenvalue weighted by Gasteiger charge is -2.16. The van der Waals surface area contributed by atoms with Gasteiger partial charge in [-0.25, -0.2) is 0 Å². The quantitative estimate of drug-likeness (QED) is 0.906. The van der Waals surface area contributed by atoms with Gasteiger partial charge in [-0.05, 0) is 36.2 Å². The van der Waals surface area contributed by atoms with E-state index in [1.54, 1.807) is 12.4 Å². The second-order valence-electron chi connectivity index (χ2n) is 5.44. The van der Waals surface area contributed by atoms with Crippen LogP contribution in [0.2, 0.25) is 0 Å². The lowest BCUT2D eigenvalue weighted by Crippen LogP contribution is -2.28. The summed E-state index contributed by atoms with van der Waals surface area (Å²) >= 11 is 0. The molecule has 2 aromatic rings. The van der Waals surface area contributed by atoms with E-state index in [2.05, 4.69) is 27.8 Å². The molecule has 1 aliphatic rings. The van der Waals surface area contributed by atoms with Crippen molar-refractivity contribution in [1.82, 2.24) is 10.3 Å². The van der Waals surface area contributed by atoms with Crippen LogP contribution >= 0.6 is 0 Å². The fourth-order valence-corrected chi connectivity index (χ4v) is 2.80. The van der Waals surface area contributed by atoms with Crippen LogP contribution in [0.4, 0.5) is 5.69 Å². The van der Waals surface area contributed by atoms with Crippen molar-refractivity contribution in [3.05, 3.63) is 59.9 Å². The molecule has 4 heteroatoms. The number of pyridine rings is 1. The van der Waals surface area contributed by atoms with Gasteiger partial charge in [0.2, 0.25) is 5.91 Å². The van der Waals surface area contributed by atoms with Crippen molar-refractivity contribution in [2.24, 2.45) is 0 Å². The predicted octanol–water partition coefficient (Wildman–Crippen LogP) is 2.86. The van der Waals surface area contributed by atoms with Crippen molar-refractivity contribution < 1.29 is 4.79 Å². The van der Waals surface area contributed by atoms with Crippen LogP contribution in [0.1, 0.15) is 36.4 Å². The number of nitrogens with one attached hydrogen (secondary N) is 2. The summed E-state index contributed by atoms with van der Waals surface area (Å²) in [5.74, 6) is 0.341. The minimum Gasteiger partial charge on any atom is -0.384 e. The van der Waals surface area contributed by atoms with E-state index in [4.69, 9.17) is 0 Å². The van der Waals surface area contributed by atoms with Gasteiger partial charge in [0.05, 0.1) is 6.04 Å². The average Bonchev–Trinajstić information content (AvgIpc) is 2.91. The van der Waals surface area contributed by atoms with E-state index in [1.807, 2.05) is 31.2 Å².